The molecule has 0 spiro atoms. The lowest BCUT2D eigenvalue weighted by Gasteiger charge is -2.08. The first-order valence-electron chi connectivity index (χ1n) is 6.23. The Hall–Kier alpha value is -2.54. The van der Waals surface area contributed by atoms with Crippen molar-refractivity contribution in [2.45, 2.75) is 11.8 Å². The summed E-state index contributed by atoms with van der Waals surface area (Å²) in [5.74, 6) is 0. The Balaban J connectivity index is 2.40. The Bertz CT molecular complexity index is 1000. The Morgan fingerprint density at radius 1 is 1.14 bits per heavy atom. The molecule has 6 nitrogen and oxygen atoms in total. The third kappa shape index (κ3) is 2.02. The average molecular weight is 303 g/mol. The van der Waals surface area contributed by atoms with Crippen LogP contribution < -0.4 is 11.4 Å². The van der Waals surface area contributed by atoms with Crippen molar-refractivity contribution >= 4 is 26.7 Å². The van der Waals surface area contributed by atoms with Gasteiger partial charge in [-0.25, -0.2) is 13.2 Å². The molecule has 0 saturated carbocycles. The lowest BCUT2D eigenvalue weighted by Crippen LogP contribution is -2.25. The van der Waals surface area contributed by atoms with Gasteiger partial charge in [-0.2, -0.15) is 3.97 Å². The maximum absolute atomic E-state index is 12.8. The highest BCUT2D eigenvalue weighted by molar-refractivity contribution is 7.90. The number of H-pyrrole nitrogens is 1. The van der Waals surface area contributed by atoms with Crippen LogP contribution in [0.5, 0.6) is 0 Å². The van der Waals surface area contributed by atoms with E-state index in [1.807, 2.05) is 0 Å². The van der Waals surface area contributed by atoms with Crippen molar-refractivity contribution < 1.29 is 8.42 Å². The fourth-order valence-corrected chi connectivity index (χ4v) is 3.88. The number of nitrogens with two attached hydrogens (primary N) is 1. The van der Waals surface area contributed by atoms with Crippen molar-refractivity contribution in [2.24, 2.45) is 0 Å². The molecule has 0 saturated heterocycles. The Labute approximate surface area is 120 Å². The van der Waals surface area contributed by atoms with Gasteiger partial charge in [-0.1, -0.05) is 18.2 Å². The van der Waals surface area contributed by atoms with Gasteiger partial charge in [0.1, 0.15) is 0 Å². The highest BCUT2D eigenvalue weighted by Gasteiger charge is 2.24. The zero-order chi connectivity index (χ0) is 15.2. The zero-order valence-electron chi connectivity index (χ0n) is 11.2. The number of anilines is 1. The highest BCUT2D eigenvalue weighted by atomic mass is 32.2. The van der Waals surface area contributed by atoms with Gasteiger partial charge in [0.15, 0.2) is 0 Å². The average Bonchev–Trinajstić information content (AvgIpc) is 2.74. The van der Waals surface area contributed by atoms with Gasteiger partial charge in [0.25, 0.3) is 10.0 Å². The highest BCUT2D eigenvalue weighted by Crippen LogP contribution is 2.22. The fourth-order valence-electron chi connectivity index (χ4n) is 2.28. The molecule has 0 atom stereocenters. The third-order valence-corrected chi connectivity index (χ3v) is 5.14. The molecule has 2 aromatic carbocycles. The molecule has 0 radical (unpaired) electrons. The van der Waals surface area contributed by atoms with E-state index in [2.05, 4.69) is 4.98 Å². The van der Waals surface area contributed by atoms with Crippen LogP contribution in [0.3, 0.4) is 0 Å². The van der Waals surface area contributed by atoms with Gasteiger partial charge < -0.3 is 10.7 Å². The van der Waals surface area contributed by atoms with Crippen LogP contribution in [-0.4, -0.2) is 17.4 Å². The summed E-state index contributed by atoms with van der Waals surface area (Å²) in [6.45, 7) is 1.68. The minimum absolute atomic E-state index is 0.0930. The number of aromatic amines is 1. The van der Waals surface area contributed by atoms with Gasteiger partial charge in [0.05, 0.1) is 15.9 Å². The molecule has 0 unspecified atom stereocenters. The molecular formula is C14H13N3O3S. The van der Waals surface area contributed by atoms with Crippen molar-refractivity contribution in [2.75, 3.05) is 5.73 Å². The van der Waals surface area contributed by atoms with Crippen LogP contribution in [0.15, 0.2) is 52.2 Å². The molecule has 7 heteroatoms. The second kappa shape index (κ2) is 4.49. The molecule has 0 fully saturated rings. The second-order valence-corrected chi connectivity index (χ2v) is 6.50. The Kier molecular flexibility index (Phi) is 2.87. The van der Waals surface area contributed by atoms with E-state index < -0.39 is 15.7 Å². The maximum Gasteiger partial charge on any atom is 0.340 e. The molecule has 1 heterocycles. The van der Waals surface area contributed by atoms with Gasteiger partial charge in [-0.15, -0.1) is 0 Å². The minimum Gasteiger partial charge on any atom is -0.399 e. The first kappa shape index (κ1) is 13.4. The number of nitrogen functional groups attached to an aromatic ring is 1. The van der Waals surface area contributed by atoms with Crippen molar-refractivity contribution in [1.29, 1.82) is 0 Å². The van der Waals surface area contributed by atoms with Crippen molar-refractivity contribution in [3.8, 4) is 0 Å². The summed E-state index contributed by atoms with van der Waals surface area (Å²) in [6.07, 6.45) is 0. The summed E-state index contributed by atoms with van der Waals surface area (Å²) in [7, 11) is -3.98. The molecule has 3 rings (SSSR count). The summed E-state index contributed by atoms with van der Waals surface area (Å²) in [4.78, 5) is 14.7. The number of hydrogen-bond donors (Lipinski definition) is 2. The largest absolute Gasteiger partial charge is 0.399 e. The summed E-state index contributed by atoms with van der Waals surface area (Å²) < 4.78 is 26.3. The number of hydrogen-bond acceptors (Lipinski definition) is 4. The summed E-state index contributed by atoms with van der Waals surface area (Å²) in [5, 5.41) is 0. The van der Waals surface area contributed by atoms with Crippen LogP contribution in [0.1, 0.15) is 5.56 Å². The molecule has 0 aliphatic carbocycles. The summed E-state index contributed by atoms with van der Waals surface area (Å²) in [6, 6.07) is 11.2. The lowest BCUT2D eigenvalue weighted by molar-refractivity contribution is 0.586. The number of imidazole rings is 1. The number of rotatable bonds is 2. The van der Waals surface area contributed by atoms with Crippen LogP contribution in [0, 0.1) is 6.92 Å². The van der Waals surface area contributed by atoms with Gasteiger partial charge in [-0.05, 0) is 36.8 Å². The Morgan fingerprint density at radius 2 is 1.86 bits per heavy atom. The van der Waals surface area contributed by atoms with Crippen LogP contribution in [0.25, 0.3) is 11.0 Å². The van der Waals surface area contributed by atoms with Gasteiger partial charge in [-0.3, -0.25) is 0 Å². The van der Waals surface area contributed by atoms with E-state index in [0.29, 0.717) is 16.8 Å². The van der Waals surface area contributed by atoms with E-state index in [1.165, 1.54) is 12.1 Å². The van der Waals surface area contributed by atoms with E-state index in [-0.39, 0.29) is 10.4 Å². The number of aryl methyl sites for hydroxylation is 1. The van der Waals surface area contributed by atoms with Gasteiger partial charge in [0, 0.05) is 5.69 Å². The summed E-state index contributed by atoms with van der Waals surface area (Å²) in [5.41, 5.74) is 6.60. The molecule has 21 heavy (non-hydrogen) atoms. The number of nitrogens with zero attached hydrogens (tertiary/aromatic N) is 1. The van der Waals surface area contributed by atoms with E-state index in [0.717, 1.165) is 3.97 Å². The number of aromatic nitrogens is 2. The van der Waals surface area contributed by atoms with Crippen LogP contribution in [0.4, 0.5) is 5.69 Å². The smallest absolute Gasteiger partial charge is 0.340 e. The van der Waals surface area contributed by atoms with Crippen molar-refractivity contribution in [3.63, 3.8) is 0 Å². The minimum atomic E-state index is -3.98. The van der Waals surface area contributed by atoms with Gasteiger partial charge >= 0.3 is 5.69 Å². The third-order valence-electron chi connectivity index (χ3n) is 3.28. The Morgan fingerprint density at radius 3 is 2.57 bits per heavy atom. The molecular weight excluding hydrogens is 290 g/mol. The van der Waals surface area contributed by atoms with E-state index in [1.54, 1.807) is 37.3 Å². The fraction of sp³-hybridized carbons (Fsp3) is 0.0714. The van der Waals surface area contributed by atoms with Crippen molar-refractivity contribution in [3.05, 3.63) is 58.5 Å². The summed E-state index contributed by atoms with van der Waals surface area (Å²) >= 11 is 0. The topological polar surface area (TPSA) is 98.0 Å². The zero-order valence-corrected chi connectivity index (χ0v) is 12.0. The van der Waals surface area contributed by atoms with E-state index in [4.69, 9.17) is 5.73 Å². The quantitative estimate of drug-likeness (QED) is 0.700. The molecule has 3 aromatic rings. The molecule has 108 valence electrons. The molecule has 0 aliphatic heterocycles. The molecule has 0 amide bonds. The molecule has 0 aliphatic rings. The maximum atomic E-state index is 12.8. The van der Waals surface area contributed by atoms with E-state index >= 15 is 0 Å². The number of fused-ring (bicyclic) bond motifs is 1. The number of nitrogens with one attached hydrogen (secondary N) is 1. The molecule has 3 N–H and O–H groups in total. The van der Waals surface area contributed by atoms with E-state index in [9.17, 15) is 13.2 Å². The first-order chi connectivity index (χ1) is 9.91. The normalized spacial score (nSPS) is 11.9. The standard InChI is InChI=1S/C14H13N3O3S/c1-9-4-2-3-5-13(9)21(19,20)17-12-8-10(15)6-7-11(12)16-14(17)18/h2-8H,15H2,1H3,(H,16,18). The van der Waals surface area contributed by atoms with Crippen molar-refractivity contribution in [1.82, 2.24) is 8.96 Å². The monoisotopic (exact) mass is 303 g/mol. The molecule has 0 bridgehead atoms. The predicted molar refractivity (Wildman–Crippen MR) is 80.7 cm³/mol. The second-order valence-electron chi connectivity index (χ2n) is 4.74. The lowest BCUT2D eigenvalue weighted by atomic mass is 10.2. The van der Waals surface area contributed by atoms with Crippen LogP contribution in [-0.2, 0) is 10.0 Å². The SMILES string of the molecule is Cc1ccccc1S(=O)(=O)n1c(=O)[nH]c2ccc(N)cc21. The van der Waals surface area contributed by atoms with Crippen LogP contribution in [0.2, 0.25) is 0 Å². The predicted octanol–water partition coefficient (Wildman–Crippen LogP) is 1.46. The van der Waals surface area contributed by atoms with Crippen LogP contribution >= 0.6 is 0 Å². The van der Waals surface area contributed by atoms with Gasteiger partial charge in [0.2, 0.25) is 0 Å². The first-order valence-corrected chi connectivity index (χ1v) is 7.67. The number of benzene rings is 2. The molecule has 1 aromatic heterocycles.